The molecule has 2 aliphatic heterocycles. The fraction of sp³-hybridized carbons (Fsp3) is 0.192. The van der Waals surface area contributed by atoms with Gasteiger partial charge in [0.2, 0.25) is 5.78 Å². The van der Waals surface area contributed by atoms with Crippen molar-refractivity contribution in [3.8, 4) is 28.7 Å². The van der Waals surface area contributed by atoms with Crippen LogP contribution in [0.1, 0.15) is 27.0 Å². The molecule has 0 radical (unpaired) electrons. The standard InChI is InChI=1S/C26H21BrO7/c1-29-19-4-6-22(30-2)15(9-19)10-24-25(28)21-5-3-20(11-23(21)34-24)32-13-17-8-18(27)7-16-12-31-14-33-26(16)17/h3-11H,12-14H2,1-2H3/b24-10-. The van der Waals surface area contributed by atoms with Crippen LogP contribution < -0.4 is 23.7 Å². The van der Waals surface area contributed by atoms with E-state index in [-0.39, 0.29) is 24.9 Å². The van der Waals surface area contributed by atoms with Gasteiger partial charge in [-0.15, -0.1) is 0 Å². The minimum absolute atomic E-state index is 0.202. The average Bonchev–Trinajstić information content (AvgIpc) is 3.16. The number of ketones is 1. The number of halogens is 1. The summed E-state index contributed by atoms with van der Waals surface area (Å²) in [6.07, 6.45) is 1.65. The number of carbonyl (C=O) groups is 1. The summed E-state index contributed by atoms with van der Waals surface area (Å²) in [5.74, 6) is 3.05. The first kappa shape index (κ1) is 22.3. The number of Topliss-reactive ketones (excluding diaryl/α,β-unsaturated/α-hetero) is 1. The van der Waals surface area contributed by atoms with Crippen molar-refractivity contribution in [2.45, 2.75) is 13.2 Å². The molecule has 0 aromatic heterocycles. The van der Waals surface area contributed by atoms with Crippen LogP contribution >= 0.6 is 15.9 Å². The Hall–Kier alpha value is -3.49. The summed E-state index contributed by atoms with van der Waals surface area (Å²) in [5, 5.41) is 0. The fourth-order valence-corrected chi connectivity index (χ4v) is 4.43. The van der Waals surface area contributed by atoms with Crippen molar-refractivity contribution in [3.63, 3.8) is 0 Å². The van der Waals surface area contributed by atoms with E-state index in [0.717, 1.165) is 21.3 Å². The molecule has 34 heavy (non-hydrogen) atoms. The molecular formula is C26H21BrO7. The molecule has 0 N–H and O–H groups in total. The third-order valence-electron chi connectivity index (χ3n) is 5.51. The third kappa shape index (κ3) is 4.34. The van der Waals surface area contributed by atoms with E-state index in [0.29, 0.717) is 40.7 Å². The molecule has 0 spiro atoms. The summed E-state index contributed by atoms with van der Waals surface area (Å²) in [6.45, 7) is 0.992. The van der Waals surface area contributed by atoms with Crippen LogP contribution in [0.5, 0.6) is 28.7 Å². The predicted octanol–water partition coefficient (Wildman–Crippen LogP) is 5.53. The highest BCUT2D eigenvalue weighted by Crippen LogP contribution is 2.37. The van der Waals surface area contributed by atoms with Gasteiger partial charge in [0.25, 0.3) is 0 Å². The van der Waals surface area contributed by atoms with E-state index in [2.05, 4.69) is 15.9 Å². The Labute approximate surface area is 204 Å². The van der Waals surface area contributed by atoms with Crippen LogP contribution in [-0.2, 0) is 18.0 Å². The number of hydrogen-bond acceptors (Lipinski definition) is 7. The van der Waals surface area contributed by atoms with E-state index in [9.17, 15) is 4.79 Å². The Morgan fingerprint density at radius 3 is 2.71 bits per heavy atom. The molecule has 8 heteroatoms. The van der Waals surface area contributed by atoms with Gasteiger partial charge in [0.15, 0.2) is 12.6 Å². The summed E-state index contributed by atoms with van der Waals surface area (Å²) in [5.41, 5.74) is 3.01. The van der Waals surface area contributed by atoms with Crippen molar-refractivity contribution in [1.29, 1.82) is 0 Å². The summed E-state index contributed by atoms with van der Waals surface area (Å²) >= 11 is 3.52. The molecule has 3 aromatic carbocycles. The number of hydrogen-bond donors (Lipinski definition) is 0. The quantitative estimate of drug-likeness (QED) is 0.392. The lowest BCUT2D eigenvalue weighted by Crippen LogP contribution is -2.14. The van der Waals surface area contributed by atoms with Crippen molar-refractivity contribution < 1.29 is 33.2 Å². The Kier molecular flexibility index (Phi) is 6.17. The van der Waals surface area contributed by atoms with Gasteiger partial charge >= 0.3 is 0 Å². The van der Waals surface area contributed by atoms with Gasteiger partial charge in [0.1, 0.15) is 35.4 Å². The van der Waals surface area contributed by atoms with Crippen molar-refractivity contribution in [1.82, 2.24) is 0 Å². The summed E-state index contributed by atoms with van der Waals surface area (Å²) in [6, 6.07) is 14.5. The van der Waals surface area contributed by atoms with Gasteiger partial charge in [-0.2, -0.15) is 0 Å². The van der Waals surface area contributed by atoms with E-state index in [4.69, 9.17) is 28.4 Å². The second-order valence-electron chi connectivity index (χ2n) is 7.66. The number of methoxy groups -OCH3 is 2. The van der Waals surface area contributed by atoms with E-state index in [1.807, 2.05) is 12.1 Å². The predicted molar refractivity (Wildman–Crippen MR) is 128 cm³/mol. The van der Waals surface area contributed by atoms with E-state index >= 15 is 0 Å². The second-order valence-corrected chi connectivity index (χ2v) is 8.57. The molecular weight excluding hydrogens is 504 g/mol. The Bertz CT molecular complexity index is 1300. The monoisotopic (exact) mass is 524 g/mol. The molecule has 2 heterocycles. The molecule has 174 valence electrons. The maximum Gasteiger partial charge on any atom is 0.231 e. The van der Waals surface area contributed by atoms with Crippen LogP contribution in [0.3, 0.4) is 0 Å². The average molecular weight is 525 g/mol. The highest BCUT2D eigenvalue weighted by molar-refractivity contribution is 9.10. The molecule has 5 rings (SSSR count). The second kappa shape index (κ2) is 9.40. The fourth-order valence-electron chi connectivity index (χ4n) is 3.88. The first-order chi connectivity index (χ1) is 16.6. The molecule has 7 nitrogen and oxygen atoms in total. The normalized spacial score (nSPS) is 15.3. The minimum atomic E-state index is -0.208. The molecule has 0 amide bonds. The molecule has 0 saturated heterocycles. The minimum Gasteiger partial charge on any atom is -0.497 e. The van der Waals surface area contributed by atoms with Gasteiger partial charge < -0.3 is 28.4 Å². The van der Waals surface area contributed by atoms with E-state index < -0.39 is 0 Å². The maximum atomic E-state index is 12.9. The largest absolute Gasteiger partial charge is 0.497 e. The zero-order valence-electron chi connectivity index (χ0n) is 18.6. The van der Waals surface area contributed by atoms with E-state index in [1.165, 1.54) is 0 Å². The molecule has 0 aliphatic carbocycles. The van der Waals surface area contributed by atoms with Crippen LogP contribution in [0.2, 0.25) is 0 Å². The van der Waals surface area contributed by atoms with Gasteiger partial charge in [0, 0.05) is 27.2 Å². The molecule has 0 fully saturated rings. The van der Waals surface area contributed by atoms with Crippen LogP contribution in [0, 0.1) is 0 Å². The maximum absolute atomic E-state index is 12.9. The lowest BCUT2D eigenvalue weighted by molar-refractivity contribution is -0.0176. The summed E-state index contributed by atoms with van der Waals surface area (Å²) < 4.78 is 34.5. The molecule has 0 atom stereocenters. The van der Waals surface area contributed by atoms with Gasteiger partial charge in [0.05, 0.1) is 26.4 Å². The molecule has 3 aromatic rings. The highest BCUT2D eigenvalue weighted by Gasteiger charge is 2.28. The zero-order chi connectivity index (χ0) is 23.7. The number of ether oxygens (including phenoxy) is 6. The van der Waals surface area contributed by atoms with Gasteiger partial charge in [-0.25, -0.2) is 0 Å². The van der Waals surface area contributed by atoms with Crippen LogP contribution in [-0.4, -0.2) is 26.8 Å². The topological polar surface area (TPSA) is 72.5 Å². The lowest BCUT2D eigenvalue weighted by Gasteiger charge is -2.21. The number of allylic oxidation sites excluding steroid dienone is 1. The molecule has 0 saturated carbocycles. The first-order valence-electron chi connectivity index (χ1n) is 10.5. The van der Waals surface area contributed by atoms with Crippen molar-refractivity contribution in [3.05, 3.63) is 81.0 Å². The zero-order valence-corrected chi connectivity index (χ0v) is 20.1. The van der Waals surface area contributed by atoms with Crippen LogP contribution in [0.15, 0.2) is 58.8 Å². The number of carbonyl (C=O) groups excluding carboxylic acids is 1. The van der Waals surface area contributed by atoms with Crippen LogP contribution in [0.4, 0.5) is 0 Å². The number of benzene rings is 3. The third-order valence-corrected chi connectivity index (χ3v) is 5.97. The molecule has 0 bridgehead atoms. The van der Waals surface area contributed by atoms with Crippen molar-refractivity contribution >= 4 is 27.8 Å². The van der Waals surface area contributed by atoms with Crippen molar-refractivity contribution in [2.24, 2.45) is 0 Å². The first-order valence-corrected chi connectivity index (χ1v) is 11.3. The summed E-state index contributed by atoms with van der Waals surface area (Å²) in [4.78, 5) is 12.9. The Morgan fingerprint density at radius 2 is 1.88 bits per heavy atom. The number of rotatable bonds is 6. The SMILES string of the molecule is COc1ccc(OC)c(/C=C2\Oc3cc(OCc4cc(Br)cc5c4OCOC5)ccc3C2=O)c1. The lowest BCUT2D eigenvalue weighted by atomic mass is 10.1. The van der Waals surface area contributed by atoms with Gasteiger partial charge in [-0.05, 0) is 48.5 Å². The molecule has 0 unspecified atom stereocenters. The highest BCUT2D eigenvalue weighted by atomic mass is 79.9. The number of fused-ring (bicyclic) bond motifs is 2. The van der Waals surface area contributed by atoms with Gasteiger partial charge in [-0.3, -0.25) is 4.79 Å². The van der Waals surface area contributed by atoms with E-state index in [1.54, 1.807) is 56.7 Å². The van der Waals surface area contributed by atoms with Crippen molar-refractivity contribution in [2.75, 3.05) is 21.0 Å². The van der Waals surface area contributed by atoms with Crippen LogP contribution in [0.25, 0.3) is 6.08 Å². The Balaban J connectivity index is 1.36. The van der Waals surface area contributed by atoms with Gasteiger partial charge in [-0.1, -0.05) is 15.9 Å². The smallest absolute Gasteiger partial charge is 0.231 e. The Morgan fingerprint density at radius 1 is 1.03 bits per heavy atom. The summed E-state index contributed by atoms with van der Waals surface area (Å²) in [7, 11) is 3.15. The molecule has 2 aliphatic rings.